The highest BCUT2D eigenvalue weighted by molar-refractivity contribution is 7.89. The van der Waals surface area contributed by atoms with Gasteiger partial charge in [-0.05, 0) is 43.0 Å². The molecule has 0 aromatic heterocycles. The quantitative estimate of drug-likeness (QED) is 0.518. The van der Waals surface area contributed by atoms with E-state index in [-0.39, 0.29) is 23.7 Å². The lowest BCUT2D eigenvalue weighted by atomic mass is 9.90. The second-order valence-corrected chi connectivity index (χ2v) is 10.6. The van der Waals surface area contributed by atoms with Gasteiger partial charge in [0.1, 0.15) is 22.8 Å². The zero-order valence-electron chi connectivity index (χ0n) is 18.6. The summed E-state index contributed by atoms with van der Waals surface area (Å²) in [5.41, 5.74) is 0.534. The van der Waals surface area contributed by atoms with Gasteiger partial charge in [-0.1, -0.05) is 60.7 Å². The summed E-state index contributed by atoms with van der Waals surface area (Å²) >= 11 is 0. The van der Waals surface area contributed by atoms with Crippen molar-refractivity contribution < 1.29 is 27.1 Å². The van der Waals surface area contributed by atoms with Crippen LogP contribution in [0, 0.1) is 11.6 Å². The van der Waals surface area contributed by atoms with E-state index < -0.39 is 38.8 Å². The minimum Gasteiger partial charge on any atom is -0.481 e. The Balaban J connectivity index is 1.68. The molecule has 3 aromatic carbocycles. The number of hydrogen-bond acceptors (Lipinski definition) is 3. The number of carbonyl (C=O) groups is 1. The van der Waals surface area contributed by atoms with Gasteiger partial charge in [0.15, 0.2) is 0 Å². The van der Waals surface area contributed by atoms with Crippen LogP contribution in [0.15, 0.2) is 72.8 Å². The number of carboxylic acid groups (broad SMARTS) is 1. The average Bonchev–Trinajstić information content (AvgIpc) is 2.80. The van der Waals surface area contributed by atoms with E-state index in [0.717, 1.165) is 12.1 Å². The average molecular weight is 486 g/mol. The molecule has 8 heteroatoms. The summed E-state index contributed by atoms with van der Waals surface area (Å²) in [5.74, 6) is -4.43. The maximum Gasteiger partial charge on any atom is 0.315 e. The number of halogens is 2. The standard InChI is InChI=1S/C26H25F2NO4S/c1-17-12-13-24(18-8-4-2-5-9-18)34(32,33)29(17)16-20-14-23(28)21(15-22(20)27)25(26(30)31)19-10-6-3-7-11-19/h2-11,14-15,17,24-25H,12-13,16H2,1H3,(H,30,31)/t17-,24+,25?/m0/s1. The molecule has 0 bridgehead atoms. The van der Waals surface area contributed by atoms with E-state index in [1.165, 1.54) is 16.4 Å². The van der Waals surface area contributed by atoms with E-state index in [1.54, 1.807) is 55.5 Å². The molecule has 5 nitrogen and oxygen atoms in total. The van der Waals surface area contributed by atoms with E-state index in [4.69, 9.17) is 0 Å². The monoisotopic (exact) mass is 485 g/mol. The van der Waals surface area contributed by atoms with Crippen molar-refractivity contribution in [2.45, 2.75) is 43.5 Å². The van der Waals surface area contributed by atoms with Crippen molar-refractivity contribution in [3.05, 3.63) is 107 Å². The molecule has 3 aromatic rings. The summed E-state index contributed by atoms with van der Waals surface area (Å²) in [5, 5.41) is 8.93. The molecule has 1 N–H and O–H groups in total. The van der Waals surface area contributed by atoms with Crippen molar-refractivity contribution in [3.8, 4) is 0 Å². The maximum absolute atomic E-state index is 15.1. The molecule has 1 aliphatic heterocycles. The van der Waals surface area contributed by atoms with Crippen LogP contribution in [-0.4, -0.2) is 29.8 Å². The molecule has 0 spiro atoms. The Morgan fingerprint density at radius 2 is 1.62 bits per heavy atom. The molecule has 0 radical (unpaired) electrons. The fraction of sp³-hybridized carbons (Fsp3) is 0.269. The van der Waals surface area contributed by atoms with Gasteiger partial charge in [0.05, 0.1) is 0 Å². The van der Waals surface area contributed by atoms with E-state index in [1.807, 2.05) is 0 Å². The van der Waals surface area contributed by atoms with Gasteiger partial charge < -0.3 is 5.11 Å². The molecule has 1 aliphatic rings. The summed E-state index contributed by atoms with van der Waals surface area (Å²) in [6.07, 6.45) is 1.02. The zero-order valence-corrected chi connectivity index (χ0v) is 19.4. The van der Waals surface area contributed by atoms with Gasteiger partial charge in [0.2, 0.25) is 10.0 Å². The largest absolute Gasteiger partial charge is 0.481 e. The summed E-state index contributed by atoms with van der Waals surface area (Å²) in [6, 6.07) is 18.3. The summed E-state index contributed by atoms with van der Waals surface area (Å²) in [4.78, 5) is 11.9. The first-order valence-corrected chi connectivity index (χ1v) is 12.5. The highest BCUT2D eigenvalue weighted by atomic mass is 32.2. The highest BCUT2D eigenvalue weighted by Gasteiger charge is 2.41. The van der Waals surface area contributed by atoms with Crippen molar-refractivity contribution >= 4 is 16.0 Å². The molecule has 1 saturated heterocycles. The van der Waals surface area contributed by atoms with Crippen LogP contribution in [0.3, 0.4) is 0 Å². The predicted molar refractivity (Wildman–Crippen MR) is 125 cm³/mol. The van der Waals surface area contributed by atoms with Crippen LogP contribution in [0.1, 0.15) is 53.2 Å². The number of hydrogen-bond donors (Lipinski definition) is 1. The smallest absolute Gasteiger partial charge is 0.315 e. The third kappa shape index (κ3) is 4.60. The maximum atomic E-state index is 15.1. The van der Waals surface area contributed by atoms with Crippen molar-refractivity contribution in [1.29, 1.82) is 0 Å². The number of carboxylic acids is 1. The topological polar surface area (TPSA) is 74.7 Å². The first kappa shape index (κ1) is 24.0. The molecule has 0 saturated carbocycles. The van der Waals surface area contributed by atoms with E-state index in [2.05, 4.69) is 0 Å². The van der Waals surface area contributed by atoms with Crippen LogP contribution in [0.2, 0.25) is 0 Å². The second-order valence-electron chi connectivity index (χ2n) is 8.56. The number of nitrogens with zero attached hydrogens (tertiary/aromatic N) is 1. The Bertz CT molecular complexity index is 1280. The number of rotatable bonds is 6. The minimum absolute atomic E-state index is 0.136. The Morgan fingerprint density at radius 3 is 2.24 bits per heavy atom. The van der Waals surface area contributed by atoms with Crippen LogP contribution in [0.5, 0.6) is 0 Å². The Kier molecular flexibility index (Phi) is 6.81. The van der Waals surface area contributed by atoms with Crippen molar-refractivity contribution in [1.82, 2.24) is 4.31 Å². The Labute approximate surface area is 197 Å². The van der Waals surface area contributed by atoms with Crippen LogP contribution in [-0.2, 0) is 21.4 Å². The number of benzene rings is 3. The fourth-order valence-electron chi connectivity index (χ4n) is 4.57. The van der Waals surface area contributed by atoms with Gasteiger partial charge in [-0.2, -0.15) is 4.31 Å². The molecular weight excluding hydrogens is 460 g/mol. The molecule has 1 heterocycles. The predicted octanol–water partition coefficient (Wildman–Crippen LogP) is 5.24. The van der Waals surface area contributed by atoms with E-state index >= 15 is 8.78 Å². The third-order valence-corrected chi connectivity index (χ3v) is 8.75. The van der Waals surface area contributed by atoms with Crippen LogP contribution in [0.4, 0.5) is 8.78 Å². The Morgan fingerprint density at radius 1 is 1.00 bits per heavy atom. The van der Waals surface area contributed by atoms with Crippen LogP contribution >= 0.6 is 0 Å². The third-order valence-electron chi connectivity index (χ3n) is 6.38. The molecule has 4 rings (SSSR count). The van der Waals surface area contributed by atoms with Crippen molar-refractivity contribution in [3.63, 3.8) is 0 Å². The summed E-state index contributed by atoms with van der Waals surface area (Å²) < 4.78 is 58.3. The lowest BCUT2D eigenvalue weighted by molar-refractivity contribution is -0.137. The van der Waals surface area contributed by atoms with Gasteiger partial charge in [-0.3, -0.25) is 4.79 Å². The number of aliphatic carboxylic acids is 1. The Hall–Kier alpha value is -3.10. The van der Waals surface area contributed by atoms with Crippen molar-refractivity contribution in [2.24, 2.45) is 0 Å². The van der Waals surface area contributed by atoms with Gasteiger partial charge in [0, 0.05) is 23.7 Å². The summed E-state index contributed by atoms with van der Waals surface area (Å²) in [7, 11) is -3.83. The first-order valence-electron chi connectivity index (χ1n) is 11.0. The molecule has 34 heavy (non-hydrogen) atoms. The molecule has 0 aliphatic carbocycles. The van der Waals surface area contributed by atoms with Crippen LogP contribution < -0.4 is 0 Å². The molecular formula is C26H25F2NO4S. The normalized spacial score (nSPS) is 21.1. The van der Waals surface area contributed by atoms with Gasteiger partial charge in [-0.25, -0.2) is 17.2 Å². The SMILES string of the molecule is C[C@H]1CC[C@H](c2ccccc2)S(=O)(=O)N1Cc1cc(F)c(C(C(=O)O)c2ccccc2)cc1F. The van der Waals surface area contributed by atoms with Gasteiger partial charge >= 0.3 is 5.97 Å². The van der Waals surface area contributed by atoms with E-state index in [0.29, 0.717) is 24.0 Å². The van der Waals surface area contributed by atoms with Crippen LogP contribution in [0.25, 0.3) is 0 Å². The fourth-order valence-corrected chi connectivity index (χ4v) is 6.75. The summed E-state index contributed by atoms with van der Waals surface area (Å²) in [6.45, 7) is 1.41. The molecule has 3 atom stereocenters. The number of sulfonamides is 1. The van der Waals surface area contributed by atoms with Gasteiger partial charge in [0.25, 0.3) is 0 Å². The zero-order chi connectivity index (χ0) is 24.5. The lowest BCUT2D eigenvalue weighted by Crippen LogP contribution is -2.44. The van der Waals surface area contributed by atoms with Gasteiger partial charge in [-0.15, -0.1) is 0 Å². The molecule has 1 unspecified atom stereocenters. The highest BCUT2D eigenvalue weighted by Crippen LogP contribution is 2.38. The molecule has 1 fully saturated rings. The van der Waals surface area contributed by atoms with E-state index in [9.17, 15) is 18.3 Å². The first-order chi connectivity index (χ1) is 16.2. The second kappa shape index (κ2) is 9.64. The van der Waals surface area contributed by atoms with Crippen molar-refractivity contribution in [2.75, 3.05) is 0 Å². The lowest BCUT2D eigenvalue weighted by Gasteiger charge is -2.37. The molecule has 178 valence electrons. The minimum atomic E-state index is -3.83. The molecule has 0 amide bonds.